The van der Waals surface area contributed by atoms with Gasteiger partial charge in [0, 0.05) is 0 Å². The zero-order valence-electron chi connectivity index (χ0n) is 27.4. The third-order valence-electron chi connectivity index (χ3n) is 9.57. The second-order valence-corrected chi connectivity index (χ2v) is 30.6. The van der Waals surface area contributed by atoms with Crippen LogP contribution in [0.25, 0.3) is 45.8 Å². The maximum atomic E-state index is 4.71. The summed E-state index contributed by atoms with van der Waals surface area (Å²) in [5.74, 6) is 0. The quantitative estimate of drug-likeness (QED) is 0.242. The van der Waals surface area contributed by atoms with Crippen molar-refractivity contribution in [3.05, 3.63) is 155 Å². The summed E-state index contributed by atoms with van der Waals surface area (Å²) in [5.41, 5.74) is 15.6. The molecule has 0 aliphatic heterocycles. The fraction of sp³-hybridized carbons (Fsp3) is 0.150. The van der Waals surface area contributed by atoms with Gasteiger partial charge in [0.25, 0.3) is 0 Å². The van der Waals surface area contributed by atoms with Gasteiger partial charge in [-0.2, -0.15) is 0 Å². The van der Waals surface area contributed by atoms with E-state index in [-0.39, 0.29) is 24.8 Å². The zero-order valence-corrected chi connectivity index (χ0v) is 32.4. The number of rotatable bonds is 6. The van der Waals surface area contributed by atoms with Crippen LogP contribution in [0.4, 0.5) is 0 Å². The molecule has 0 fully saturated rings. The van der Waals surface area contributed by atoms with Crippen molar-refractivity contribution in [1.82, 2.24) is 19.6 Å². The molecule has 0 unspecified atom stereocenters. The van der Waals surface area contributed by atoms with Gasteiger partial charge in [-0.25, -0.2) is 0 Å². The number of hydrogen-bond acceptors (Lipinski definition) is 2. The van der Waals surface area contributed by atoms with Crippen molar-refractivity contribution in [2.24, 2.45) is 0 Å². The van der Waals surface area contributed by atoms with Crippen LogP contribution in [0.3, 0.4) is 0 Å². The summed E-state index contributed by atoms with van der Waals surface area (Å²) >= 11 is -2.35. The maximum absolute atomic E-state index is 4.71. The van der Waals surface area contributed by atoms with E-state index in [0.717, 1.165) is 0 Å². The van der Waals surface area contributed by atoms with E-state index in [1.807, 2.05) is 24.5 Å². The van der Waals surface area contributed by atoms with Crippen LogP contribution in [0.1, 0.15) is 43.4 Å². The molecule has 4 nitrogen and oxygen atoms in total. The smallest absolute Gasteiger partial charge is 1.00 e. The molecule has 8 rings (SSSR count). The second kappa shape index (κ2) is 14.1. The molecule has 0 amide bonds. The Morgan fingerprint density at radius 2 is 0.979 bits per heavy atom. The molecule has 2 aromatic heterocycles. The Kier molecular flexibility index (Phi) is 10.1. The molecule has 238 valence electrons. The van der Waals surface area contributed by atoms with Gasteiger partial charge in [-0.1, -0.05) is 0 Å². The van der Waals surface area contributed by atoms with Gasteiger partial charge in [-0.15, -0.1) is 0 Å². The molecule has 0 N–H and O–H groups in total. The van der Waals surface area contributed by atoms with E-state index in [4.69, 9.17) is 10.2 Å². The van der Waals surface area contributed by atoms with Crippen molar-refractivity contribution in [3.63, 3.8) is 0 Å². The molecule has 2 aliphatic carbocycles. The molecule has 2 heterocycles. The van der Waals surface area contributed by atoms with Gasteiger partial charge in [-0.05, 0) is 0 Å². The predicted octanol–water partition coefficient (Wildman–Crippen LogP) is 3.89. The molecule has 8 heteroatoms. The monoisotopic (exact) mass is 760 g/mol. The van der Waals surface area contributed by atoms with Gasteiger partial charge in [0.15, 0.2) is 0 Å². The number of aromatic nitrogens is 4. The molecule has 0 spiro atoms. The number of fused-ring (bicyclic) bond motifs is 2. The summed E-state index contributed by atoms with van der Waals surface area (Å²) in [4.78, 5) is 0. The largest absolute Gasteiger partial charge is 1.00 e. The third kappa shape index (κ3) is 5.98. The molecule has 0 saturated heterocycles. The van der Waals surface area contributed by atoms with Gasteiger partial charge in [0.2, 0.25) is 0 Å². The predicted molar refractivity (Wildman–Crippen MR) is 188 cm³/mol. The summed E-state index contributed by atoms with van der Waals surface area (Å²) in [5, 5.41) is 9.43. The first-order valence-corrected chi connectivity index (χ1v) is 25.0. The average Bonchev–Trinajstić information content (AvgIpc) is 3.90. The van der Waals surface area contributed by atoms with Crippen LogP contribution >= 0.6 is 0 Å². The van der Waals surface area contributed by atoms with Crippen molar-refractivity contribution in [1.29, 1.82) is 0 Å². The molecular formula is C40H36Cl2N4SiZr. The molecular weight excluding hydrogens is 727 g/mol. The molecule has 4 aromatic carbocycles. The van der Waals surface area contributed by atoms with E-state index >= 15 is 0 Å². The van der Waals surface area contributed by atoms with Crippen LogP contribution in [0.15, 0.2) is 133 Å². The van der Waals surface area contributed by atoms with Gasteiger partial charge in [0.1, 0.15) is 0 Å². The van der Waals surface area contributed by atoms with Crippen molar-refractivity contribution in [3.8, 4) is 33.6 Å². The average molecular weight is 763 g/mol. The summed E-state index contributed by atoms with van der Waals surface area (Å²) < 4.78 is 5.13. The first-order valence-electron chi connectivity index (χ1n) is 16.0. The van der Waals surface area contributed by atoms with E-state index in [1.54, 1.807) is 0 Å². The topological polar surface area (TPSA) is 35.6 Å². The third-order valence-corrected chi connectivity index (χ3v) is 29.5. The molecule has 2 atom stereocenters. The minimum absolute atomic E-state index is 0. The number of benzene rings is 4. The Labute approximate surface area is 303 Å². The van der Waals surface area contributed by atoms with Crippen LogP contribution in [0.2, 0.25) is 13.1 Å². The number of allylic oxidation sites excluding steroid dienone is 2. The van der Waals surface area contributed by atoms with Gasteiger partial charge in [0.05, 0.1) is 0 Å². The minimum Gasteiger partial charge on any atom is -1.00 e. The Hall–Kier alpha value is -3.54. The zero-order chi connectivity index (χ0) is 31.4. The first kappa shape index (κ1) is 34.3. The van der Waals surface area contributed by atoms with E-state index < -0.39 is 25.8 Å². The van der Waals surface area contributed by atoms with Crippen molar-refractivity contribution in [2.45, 2.75) is 34.2 Å². The fourth-order valence-corrected chi connectivity index (χ4v) is 28.3. The molecule has 48 heavy (non-hydrogen) atoms. The van der Waals surface area contributed by atoms with Crippen LogP contribution in [-0.2, 0) is 20.4 Å². The van der Waals surface area contributed by atoms with Crippen LogP contribution in [0, 0.1) is 0 Å². The molecule has 0 saturated carbocycles. The number of nitrogens with zero attached hydrogens (tertiary/aromatic N) is 4. The van der Waals surface area contributed by atoms with Crippen molar-refractivity contribution >= 4 is 17.6 Å². The van der Waals surface area contributed by atoms with E-state index in [1.165, 1.54) is 67.0 Å². The maximum Gasteiger partial charge on any atom is -1.00 e. The van der Waals surface area contributed by atoms with Gasteiger partial charge >= 0.3 is 281 Å². The molecule has 0 radical (unpaired) electrons. The summed E-state index contributed by atoms with van der Waals surface area (Å²) in [6.07, 6.45) is 12.9. The summed E-state index contributed by atoms with van der Waals surface area (Å²) in [7, 11) is 0. The van der Waals surface area contributed by atoms with E-state index in [2.05, 4.69) is 146 Å². The van der Waals surface area contributed by atoms with Crippen molar-refractivity contribution in [2.75, 3.05) is 0 Å². The summed E-state index contributed by atoms with van der Waals surface area (Å²) in [6.45, 7) is 9.99. The standard InChI is InChI=1S/2C19H15N2.C2H6Si.2ClH.Zr/c2*1-14-10-17-12-16(15-6-3-2-4-7-15)13-19(18(17)11-14)21-9-5-8-20-21;1-3-2;;;/h2*2-13H,1H3;1-2H3;2*1H;/q;;;;;+2/p-2. The van der Waals surface area contributed by atoms with Gasteiger partial charge in [-0.3, -0.25) is 0 Å². The number of halogens is 2. The molecule has 6 aromatic rings. The van der Waals surface area contributed by atoms with E-state index in [9.17, 15) is 0 Å². The Morgan fingerprint density at radius 3 is 1.33 bits per heavy atom. The van der Waals surface area contributed by atoms with Crippen LogP contribution in [-0.4, -0.2) is 25.0 Å². The Bertz CT molecular complexity index is 2030. The Morgan fingerprint density at radius 1 is 0.562 bits per heavy atom. The summed E-state index contributed by atoms with van der Waals surface area (Å²) in [6, 6.07) is 35.4. The second-order valence-electron chi connectivity index (χ2n) is 12.7. The fourth-order valence-electron chi connectivity index (χ4n) is 7.59. The van der Waals surface area contributed by atoms with Gasteiger partial charge < -0.3 is 24.8 Å². The molecule has 0 bridgehead atoms. The normalized spacial score (nSPS) is 15.6. The first-order chi connectivity index (χ1) is 22.5. The SMILES string of the molecule is CC1=Cc2c(cc(-c3ccccc3)cc2-n2cccn2)[C@@H]1[Zr+2]([C@H]1C(C)=Cc2c1cc(-c1ccccc1)cc2-n1cccn1)=[Si](C)C.[Cl-].[Cl-]. The van der Waals surface area contributed by atoms with Crippen molar-refractivity contribution < 1.29 is 45.2 Å². The minimum atomic E-state index is -2.35. The van der Waals surface area contributed by atoms with Crippen LogP contribution < -0.4 is 24.8 Å². The van der Waals surface area contributed by atoms with Crippen LogP contribution in [0.5, 0.6) is 0 Å². The Balaban J connectivity index is 0.00000201. The molecule has 2 aliphatic rings. The number of hydrogen-bond donors (Lipinski definition) is 0. The van der Waals surface area contributed by atoms with E-state index in [0.29, 0.717) is 7.25 Å².